The van der Waals surface area contributed by atoms with Crippen molar-refractivity contribution in [2.24, 2.45) is 5.92 Å². The van der Waals surface area contributed by atoms with Crippen molar-refractivity contribution in [2.75, 3.05) is 33.4 Å². The zero-order valence-electron chi connectivity index (χ0n) is 12.8. The summed E-state index contributed by atoms with van der Waals surface area (Å²) < 4.78 is 6.17. The Bertz CT molecular complexity index is 426. The van der Waals surface area contributed by atoms with Crippen molar-refractivity contribution in [1.29, 1.82) is 0 Å². The standard InChI is InChI=1S/C16H25BrN2O2/c1-3-18-8-9-19-16(20)14(7-10-21-2)11-13-5-4-6-15(17)12-13/h4-6,12,14,18H,3,7-11H2,1-2H3,(H,19,20). The van der Waals surface area contributed by atoms with Crippen molar-refractivity contribution >= 4 is 21.8 Å². The summed E-state index contributed by atoms with van der Waals surface area (Å²) in [7, 11) is 1.67. The summed E-state index contributed by atoms with van der Waals surface area (Å²) in [5.41, 5.74) is 1.16. The van der Waals surface area contributed by atoms with Crippen LogP contribution in [0.4, 0.5) is 0 Å². The van der Waals surface area contributed by atoms with Crippen molar-refractivity contribution < 1.29 is 9.53 Å². The second-order valence-electron chi connectivity index (χ2n) is 4.96. The highest BCUT2D eigenvalue weighted by atomic mass is 79.9. The molecule has 5 heteroatoms. The topological polar surface area (TPSA) is 50.4 Å². The maximum atomic E-state index is 12.3. The van der Waals surface area contributed by atoms with Gasteiger partial charge in [-0.05, 0) is 37.1 Å². The molecular weight excluding hydrogens is 332 g/mol. The Morgan fingerprint density at radius 2 is 2.19 bits per heavy atom. The van der Waals surface area contributed by atoms with Gasteiger partial charge in [-0.2, -0.15) is 0 Å². The van der Waals surface area contributed by atoms with Gasteiger partial charge in [0.15, 0.2) is 0 Å². The minimum absolute atomic E-state index is 0.0547. The lowest BCUT2D eigenvalue weighted by atomic mass is 9.95. The van der Waals surface area contributed by atoms with Gasteiger partial charge >= 0.3 is 0 Å². The SMILES string of the molecule is CCNCCNC(=O)C(CCOC)Cc1cccc(Br)c1. The van der Waals surface area contributed by atoms with Gasteiger partial charge in [0, 0.05) is 37.2 Å². The lowest BCUT2D eigenvalue weighted by Gasteiger charge is -2.17. The van der Waals surface area contributed by atoms with Crippen LogP contribution in [0.5, 0.6) is 0 Å². The molecule has 2 N–H and O–H groups in total. The molecule has 0 heterocycles. The molecule has 1 atom stereocenters. The quantitative estimate of drug-likeness (QED) is 0.632. The van der Waals surface area contributed by atoms with E-state index in [9.17, 15) is 4.79 Å². The number of amides is 1. The molecule has 0 bridgehead atoms. The number of ether oxygens (including phenoxy) is 1. The molecular formula is C16H25BrN2O2. The van der Waals surface area contributed by atoms with E-state index in [1.165, 1.54) is 0 Å². The van der Waals surface area contributed by atoms with Gasteiger partial charge in [0.25, 0.3) is 0 Å². The number of hydrogen-bond donors (Lipinski definition) is 2. The zero-order valence-corrected chi connectivity index (χ0v) is 14.4. The smallest absolute Gasteiger partial charge is 0.223 e. The molecule has 1 unspecified atom stereocenters. The molecule has 4 nitrogen and oxygen atoms in total. The first-order valence-corrected chi connectivity index (χ1v) is 8.18. The van der Waals surface area contributed by atoms with Gasteiger partial charge < -0.3 is 15.4 Å². The number of methoxy groups -OCH3 is 1. The van der Waals surface area contributed by atoms with Crippen molar-refractivity contribution in [1.82, 2.24) is 10.6 Å². The van der Waals surface area contributed by atoms with E-state index < -0.39 is 0 Å². The Morgan fingerprint density at radius 1 is 1.38 bits per heavy atom. The number of carbonyl (C=O) groups is 1. The molecule has 0 radical (unpaired) electrons. The van der Waals surface area contributed by atoms with Gasteiger partial charge in [-0.25, -0.2) is 0 Å². The molecule has 1 rings (SSSR count). The maximum absolute atomic E-state index is 12.3. The maximum Gasteiger partial charge on any atom is 0.223 e. The first kappa shape index (κ1) is 18.1. The molecule has 0 aliphatic heterocycles. The van der Waals surface area contributed by atoms with Crippen LogP contribution in [0.1, 0.15) is 18.9 Å². The van der Waals surface area contributed by atoms with Gasteiger partial charge in [0.2, 0.25) is 5.91 Å². The van der Waals surface area contributed by atoms with E-state index >= 15 is 0 Å². The van der Waals surface area contributed by atoms with E-state index in [0.29, 0.717) is 13.2 Å². The largest absolute Gasteiger partial charge is 0.385 e. The average Bonchev–Trinajstić information content (AvgIpc) is 2.47. The predicted octanol–water partition coefficient (Wildman–Crippen LogP) is 2.37. The third-order valence-corrected chi connectivity index (χ3v) is 3.76. The highest BCUT2D eigenvalue weighted by Crippen LogP contribution is 2.17. The summed E-state index contributed by atoms with van der Waals surface area (Å²) in [5, 5.41) is 6.19. The van der Waals surface area contributed by atoms with E-state index in [-0.39, 0.29) is 11.8 Å². The van der Waals surface area contributed by atoms with Crippen LogP contribution >= 0.6 is 15.9 Å². The number of carbonyl (C=O) groups excluding carboxylic acids is 1. The molecule has 0 spiro atoms. The minimum atomic E-state index is -0.0547. The molecule has 21 heavy (non-hydrogen) atoms. The average molecular weight is 357 g/mol. The highest BCUT2D eigenvalue weighted by Gasteiger charge is 2.18. The summed E-state index contributed by atoms with van der Waals surface area (Å²) in [4.78, 5) is 12.3. The Hall–Kier alpha value is -0.910. The van der Waals surface area contributed by atoms with Crippen LogP contribution in [0.2, 0.25) is 0 Å². The molecule has 0 aromatic heterocycles. The van der Waals surface area contributed by atoms with Crippen LogP contribution in [0.3, 0.4) is 0 Å². The lowest BCUT2D eigenvalue weighted by molar-refractivity contribution is -0.125. The van der Waals surface area contributed by atoms with Crippen LogP contribution in [0.25, 0.3) is 0 Å². The summed E-state index contributed by atoms with van der Waals surface area (Å²) in [5.74, 6) is 0.0470. The van der Waals surface area contributed by atoms with E-state index in [1.54, 1.807) is 7.11 Å². The number of nitrogens with one attached hydrogen (secondary N) is 2. The van der Waals surface area contributed by atoms with E-state index in [2.05, 4.69) is 45.6 Å². The molecule has 0 fully saturated rings. The molecule has 1 amide bonds. The van der Waals surface area contributed by atoms with Gasteiger partial charge in [-0.15, -0.1) is 0 Å². The normalized spacial score (nSPS) is 12.1. The Morgan fingerprint density at radius 3 is 2.86 bits per heavy atom. The first-order chi connectivity index (χ1) is 10.2. The van der Waals surface area contributed by atoms with Gasteiger partial charge in [0.1, 0.15) is 0 Å². The highest BCUT2D eigenvalue weighted by molar-refractivity contribution is 9.10. The summed E-state index contributed by atoms with van der Waals surface area (Å²) in [6.07, 6.45) is 1.46. The van der Waals surface area contributed by atoms with Crippen LogP contribution in [0, 0.1) is 5.92 Å². The second-order valence-corrected chi connectivity index (χ2v) is 5.87. The predicted molar refractivity (Wildman–Crippen MR) is 89.4 cm³/mol. The third kappa shape index (κ3) is 7.60. The van der Waals surface area contributed by atoms with Crippen molar-refractivity contribution in [3.05, 3.63) is 34.3 Å². The first-order valence-electron chi connectivity index (χ1n) is 7.39. The van der Waals surface area contributed by atoms with Crippen LogP contribution in [-0.4, -0.2) is 39.3 Å². The Labute approximate surface area is 135 Å². The molecule has 0 aliphatic carbocycles. The van der Waals surface area contributed by atoms with Gasteiger partial charge in [0.05, 0.1) is 0 Å². The molecule has 118 valence electrons. The van der Waals surface area contributed by atoms with Gasteiger partial charge in [-0.1, -0.05) is 35.0 Å². The van der Waals surface area contributed by atoms with Crippen molar-refractivity contribution in [2.45, 2.75) is 19.8 Å². The minimum Gasteiger partial charge on any atom is -0.385 e. The molecule has 1 aromatic rings. The fraction of sp³-hybridized carbons (Fsp3) is 0.562. The fourth-order valence-corrected chi connectivity index (χ4v) is 2.58. The van der Waals surface area contributed by atoms with Crippen molar-refractivity contribution in [3.8, 4) is 0 Å². The lowest BCUT2D eigenvalue weighted by Crippen LogP contribution is -2.37. The van der Waals surface area contributed by atoms with Crippen LogP contribution in [0.15, 0.2) is 28.7 Å². The number of hydrogen-bond acceptors (Lipinski definition) is 3. The Kier molecular flexibility index (Phi) is 9.30. The summed E-state index contributed by atoms with van der Waals surface area (Å²) in [6, 6.07) is 8.10. The summed E-state index contributed by atoms with van der Waals surface area (Å²) >= 11 is 3.47. The third-order valence-electron chi connectivity index (χ3n) is 3.26. The van der Waals surface area contributed by atoms with E-state index in [4.69, 9.17) is 4.74 Å². The zero-order chi connectivity index (χ0) is 15.5. The molecule has 1 aromatic carbocycles. The van der Waals surface area contributed by atoms with E-state index in [1.807, 2.05) is 12.1 Å². The number of benzene rings is 1. The van der Waals surface area contributed by atoms with Gasteiger partial charge in [-0.3, -0.25) is 4.79 Å². The fourth-order valence-electron chi connectivity index (χ4n) is 2.13. The number of halogens is 1. The molecule has 0 aliphatic rings. The number of likely N-dealkylation sites (N-methyl/N-ethyl adjacent to an activating group) is 1. The van der Waals surface area contributed by atoms with E-state index in [0.717, 1.165) is 36.0 Å². The van der Waals surface area contributed by atoms with Crippen LogP contribution < -0.4 is 10.6 Å². The van der Waals surface area contributed by atoms with Crippen LogP contribution in [-0.2, 0) is 16.0 Å². The monoisotopic (exact) mass is 356 g/mol. The van der Waals surface area contributed by atoms with Crippen molar-refractivity contribution in [3.63, 3.8) is 0 Å². The Balaban J connectivity index is 2.55. The molecule has 0 saturated carbocycles. The summed E-state index contributed by atoms with van der Waals surface area (Å²) in [6.45, 7) is 5.03. The number of rotatable bonds is 10. The molecule has 0 saturated heterocycles. The second kappa shape index (κ2) is 10.8.